The smallest absolute Gasteiger partial charge is 0.341 e. The molecule has 7 nitrogen and oxygen atoms in total. The third kappa shape index (κ3) is 5.28. The Morgan fingerprint density at radius 1 is 0.968 bits per heavy atom. The molecular formula is C20H24F2N2O5S2. The lowest BCUT2D eigenvalue weighted by Crippen LogP contribution is -2.35. The van der Waals surface area contributed by atoms with Crippen molar-refractivity contribution in [3.63, 3.8) is 0 Å². The average molecular weight is 475 g/mol. The summed E-state index contributed by atoms with van der Waals surface area (Å²) >= 11 is 0. The van der Waals surface area contributed by atoms with Crippen molar-refractivity contribution in [3.8, 4) is 0 Å². The molecular weight excluding hydrogens is 450 g/mol. The van der Waals surface area contributed by atoms with Crippen LogP contribution in [0.5, 0.6) is 0 Å². The maximum atomic E-state index is 12.6. The van der Waals surface area contributed by atoms with Crippen molar-refractivity contribution in [2.45, 2.75) is 56.3 Å². The molecule has 1 heterocycles. The molecule has 0 unspecified atom stereocenters. The van der Waals surface area contributed by atoms with Crippen LogP contribution in [0.2, 0.25) is 0 Å². The van der Waals surface area contributed by atoms with E-state index in [1.807, 2.05) is 36.8 Å². The highest BCUT2D eigenvalue weighted by atomic mass is 32.2. The number of fused-ring (bicyclic) bond motifs is 1. The van der Waals surface area contributed by atoms with Crippen LogP contribution in [0.25, 0.3) is 11.0 Å². The summed E-state index contributed by atoms with van der Waals surface area (Å²) in [4.78, 5) is -0.515. The van der Waals surface area contributed by atoms with E-state index < -0.39 is 25.7 Å². The molecule has 0 radical (unpaired) electrons. The quantitative estimate of drug-likeness (QED) is 0.418. The molecule has 0 aliphatic carbocycles. The van der Waals surface area contributed by atoms with Gasteiger partial charge in [0.05, 0.1) is 22.9 Å². The first-order valence-electron chi connectivity index (χ1n) is 9.41. The van der Waals surface area contributed by atoms with Crippen molar-refractivity contribution >= 4 is 31.0 Å². The van der Waals surface area contributed by atoms with Gasteiger partial charge >= 0.3 is 5.76 Å². The van der Waals surface area contributed by atoms with Crippen LogP contribution in [0.3, 0.4) is 0 Å². The third-order valence-electron chi connectivity index (χ3n) is 4.81. The van der Waals surface area contributed by atoms with E-state index in [1.165, 1.54) is 24.3 Å². The van der Waals surface area contributed by atoms with E-state index in [0.29, 0.717) is 12.1 Å². The topological polar surface area (TPSA) is 100 Å². The van der Waals surface area contributed by atoms with Crippen molar-refractivity contribution in [3.05, 3.63) is 53.9 Å². The number of benzene rings is 2. The predicted molar refractivity (Wildman–Crippen MR) is 111 cm³/mol. The molecule has 0 saturated heterocycles. The van der Waals surface area contributed by atoms with E-state index in [9.17, 15) is 30.2 Å². The van der Waals surface area contributed by atoms with Gasteiger partial charge in [0.1, 0.15) is 10.1 Å². The summed E-state index contributed by atoms with van der Waals surface area (Å²) in [5.41, 5.74) is 2.44. The summed E-state index contributed by atoms with van der Waals surface area (Å²) < 4.78 is 83.5. The molecule has 170 valence electrons. The molecule has 0 saturated carbocycles. The summed E-state index contributed by atoms with van der Waals surface area (Å²) in [6.45, 7) is 9.04. The van der Waals surface area contributed by atoms with E-state index in [1.54, 1.807) is 18.2 Å². The summed E-state index contributed by atoms with van der Waals surface area (Å²) in [6, 6.07) is 9.95. The SMILES string of the molecule is CCn1c(C)[n+](CC)c2ccc(S(=O)(=O)C(F)F)cc21.Cc1ccc(S(=O)(=O)[O-])cc1. The first kappa shape index (κ1) is 24.9. The highest BCUT2D eigenvalue weighted by Gasteiger charge is 2.29. The number of alkyl halides is 2. The number of aromatic nitrogens is 2. The lowest BCUT2D eigenvalue weighted by molar-refractivity contribution is -0.674. The molecule has 0 fully saturated rings. The minimum atomic E-state index is -4.56. The van der Waals surface area contributed by atoms with E-state index >= 15 is 0 Å². The van der Waals surface area contributed by atoms with Gasteiger partial charge in [-0.05, 0) is 45.0 Å². The fourth-order valence-electron chi connectivity index (χ4n) is 3.23. The third-order valence-corrected chi connectivity index (χ3v) is 7.04. The van der Waals surface area contributed by atoms with Gasteiger partial charge in [0.15, 0.2) is 11.0 Å². The fraction of sp³-hybridized carbons (Fsp3) is 0.350. The highest BCUT2D eigenvalue weighted by molar-refractivity contribution is 7.91. The summed E-state index contributed by atoms with van der Waals surface area (Å²) in [5, 5.41) is 0. The lowest BCUT2D eigenvalue weighted by atomic mass is 10.2. The zero-order valence-corrected chi connectivity index (χ0v) is 19.2. The van der Waals surface area contributed by atoms with Gasteiger partial charge in [-0.25, -0.2) is 26.0 Å². The van der Waals surface area contributed by atoms with Gasteiger partial charge in [-0.3, -0.25) is 0 Å². The second-order valence-electron chi connectivity index (χ2n) is 6.76. The van der Waals surface area contributed by atoms with Gasteiger partial charge in [-0.2, -0.15) is 8.78 Å². The summed E-state index contributed by atoms with van der Waals surface area (Å²) in [7, 11) is -8.83. The Hall–Kier alpha value is -2.37. The molecule has 0 aliphatic heterocycles. The van der Waals surface area contributed by atoms with Crippen molar-refractivity contribution in [2.75, 3.05) is 0 Å². The van der Waals surface area contributed by atoms with Gasteiger partial charge in [0.2, 0.25) is 9.84 Å². The highest BCUT2D eigenvalue weighted by Crippen LogP contribution is 2.23. The zero-order chi connectivity index (χ0) is 23.6. The van der Waals surface area contributed by atoms with Gasteiger partial charge in [-0.15, -0.1) is 0 Å². The van der Waals surface area contributed by atoms with Crippen molar-refractivity contribution < 1.29 is 34.7 Å². The van der Waals surface area contributed by atoms with Gasteiger partial charge in [0, 0.05) is 13.0 Å². The van der Waals surface area contributed by atoms with E-state index in [4.69, 9.17) is 0 Å². The maximum absolute atomic E-state index is 12.6. The molecule has 0 amide bonds. The van der Waals surface area contributed by atoms with Crippen molar-refractivity contribution in [2.24, 2.45) is 0 Å². The largest absolute Gasteiger partial charge is 0.744 e. The molecule has 31 heavy (non-hydrogen) atoms. The van der Waals surface area contributed by atoms with Crippen LogP contribution in [-0.4, -0.2) is 31.7 Å². The number of aryl methyl sites for hydroxylation is 3. The summed E-state index contributed by atoms with van der Waals surface area (Å²) in [6.07, 6.45) is 0. The molecule has 1 aromatic heterocycles. The molecule has 0 atom stereocenters. The van der Waals surface area contributed by atoms with Crippen LogP contribution < -0.4 is 4.57 Å². The maximum Gasteiger partial charge on any atom is 0.341 e. The molecule has 3 rings (SSSR count). The van der Waals surface area contributed by atoms with E-state index in [0.717, 1.165) is 23.4 Å². The molecule has 2 aromatic carbocycles. The van der Waals surface area contributed by atoms with E-state index in [2.05, 4.69) is 0 Å². The van der Waals surface area contributed by atoms with Crippen LogP contribution in [0.1, 0.15) is 25.2 Å². The van der Waals surface area contributed by atoms with Crippen LogP contribution in [0, 0.1) is 13.8 Å². The molecule has 0 bridgehead atoms. The molecule has 0 aliphatic rings. The van der Waals surface area contributed by atoms with Crippen LogP contribution in [-0.2, 0) is 33.0 Å². The Morgan fingerprint density at radius 2 is 1.52 bits per heavy atom. The van der Waals surface area contributed by atoms with Gasteiger partial charge < -0.3 is 4.55 Å². The number of hydrogen-bond acceptors (Lipinski definition) is 5. The number of hydrogen-bond donors (Lipinski definition) is 0. The molecule has 0 spiro atoms. The Bertz CT molecular complexity index is 1280. The average Bonchev–Trinajstić information content (AvgIpc) is 2.97. The summed E-state index contributed by atoms with van der Waals surface area (Å²) in [5.74, 6) is -2.43. The second kappa shape index (κ2) is 9.41. The van der Waals surface area contributed by atoms with Crippen LogP contribution >= 0.6 is 0 Å². The molecule has 0 N–H and O–H groups in total. The van der Waals surface area contributed by atoms with Gasteiger partial charge in [0.25, 0.3) is 5.82 Å². The minimum Gasteiger partial charge on any atom is -0.744 e. The Labute approximate surface area is 180 Å². The van der Waals surface area contributed by atoms with Crippen LogP contribution in [0.4, 0.5) is 8.78 Å². The Morgan fingerprint density at radius 3 is 1.97 bits per heavy atom. The Kier molecular flexibility index (Phi) is 7.56. The normalized spacial score (nSPS) is 12.1. The van der Waals surface area contributed by atoms with E-state index in [-0.39, 0.29) is 9.79 Å². The minimum absolute atomic E-state index is 0.178. The Balaban J connectivity index is 0.000000262. The lowest BCUT2D eigenvalue weighted by Gasteiger charge is -2.05. The first-order chi connectivity index (χ1) is 14.3. The second-order valence-corrected chi connectivity index (χ2v) is 10.1. The van der Waals surface area contributed by atoms with Crippen molar-refractivity contribution in [1.29, 1.82) is 0 Å². The predicted octanol–water partition coefficient (Wildman–Crippen LogP) is 3.17. The number of rotatable bonds is 5. The number of halogens is 2. The van der Waals surface area contributed by atoms with Crippen molar-refractivity contribution in [1.82, 2.24) is 4.57 Å². The molecule has 3 aromatic rings. The number of nitrogens with zero attached hydrogens (tertiary/aromatic N) is 2. The zero-order valence-electron chi connectivity index (χ0n) is 17.5. The number of imidazole rings is 1. The first-order valence-corrected chi connectivity index (χ1v) is 12.4. The standard InChI is InChI=1S/C13H17F2N2O2S.C7H8O3S/c1-4-16-9(3)17(5-2)12-8-10(6-7-11(12)16)20(18,19)13(14)15;1-6-2-4-7(5-3-6)11(8,9)10/h6-8,13H,4-5H2,1-3H3;2-5H,1H3,(H,8,9,10)/q+1;/p-1. The number of sulfone groups is 1. The molecule has 11 heteroatoms. The fourth-order valence-corrected chi connectivity index (χ4v) is 4.43. The van der Waals surface area contributed by atoms with Crippen LogP contribution in [0.15, 0.2) is 52.3 Å². The monoisotopic (exact) mass is 474 g/mol. The van der Waals surface area contributed by atoms with Gasteiger partial charge in [-0.1, -0.05) is 17.7 Å².